The Hall–Kier alpha value is -1.82. The highest BCUT2D eigenvalue weighted by atomic mass is 16.4. The number of hydrogen-bond acceptors (Lipinski definition) is 4. The van der Waals surface area contributed by atoms with Crippen molar-refractivity contribution in [3.8, 4) is 5.75 Å². The Labute approximate surface area is 79.0 Å². The lowest BCUT2D eigenvalue weighted by Gasteiger charge is -2.05. The SMILES string of the molecule is NC(Cc1c[nH]cc(O)c1=O)C(=O)O. The molecule has 0 amide bonds. The van der Waals surface area contributed by atoms with Crippen LogP contribution in [-0.4, -0.2) is 27.2 Å². The normalized spacial score (nSPS) is 12.4. The minimum absolute atomic E-state index is 0.112. The van der Waals surface area contributed by atoms with E-state index in [1.165, 1.54) is 6.20 Å². The lowest BCUT2D eigenvalue weighted by Crippen LogP contribution is -2.34. The minimum atomic E-state index is -1.19. The number of hydrogen-bond donors (Lipinski definition) is 4. The van der Waals surface area contributed by atoms with Crippen LogP contribution in [0.25, 0.3) is 0 Å². The van der Waals surface area contributed by atoms with Crippen molar-refractivity contribution in [2.45, 2.75) is 12.5 Å². The zero-order valence-electron chi connectivity index (χ0n) is 7.23. The third-order valence-electron chi connectivity index (χ3n) is 1.76. The van der Waals surface area contributed by atoms with E-state index in [4.69, 9.17) is 15.9 Å². The number of nitrogens with one attached hydrogen (secondary N) is 1. The van der Waals surface area contributed by atoms with E-state index < -0.39 is 23.2 Å². The third kappa shape index (κ3) is 2.11. The number of aliphatic carboxylic acids is 1. The van der Waals surface area contributed by atoms with Gasteiger partial charge in [-0.2, -0.15) is 0 Å². The van der Waals surface area contributed by atoms with E-state index in [1.807, 2.05) is 0 Å². The minimum Gasteiger partial charge on any atom is -0.503 e. The molecule has 0 fully saturated rings. The van der Waals surface area contributed by atoms with Crippen molar-refractivity contribution in [2.24, 2.45) is 5.73 Å². The standard InChI is InChI=1S/C8H10N2O4/c9-5(8(13)14)1-4-2-10-3-6(11)7(4)12/h2-3,5,11H,1,9H2,(H,10,12)(H,13,14). The smallest absolute Gasteiger partial charge is 0.320 e. The first-order valence-corrected chi connectivity index (χ1v) is 3.89. The van der Waals surface area contributed by atoms with Gasteiger partial charge < -0.3 is 20.9 Å². The molecule has 0 saturated heterocycles. The first-order valence-electron chi connectivity index (χ1n) is 3.89. The second-order valence-corrected chi connectivity index (χ2v) is 2.84. The van der Waals surface area contributed by atoms with E-state index in [2.05, 4.69) is 4.98 Å². The summed E-state index contributed by atoms with van der Waals surface area (Å²) < 4.78 is 0. The Morgan fingerprint density at radius 3 is 2.79 bits per heavy atom. The fraction of sp³-hybridized carbons (Fsp3) is 0.250. The van der Waals surface area contributed by atoms with E-state index in [0.29, 0.717) is 0 Å². The van der Waals surface area contributed by atoms with Gasteiger partial charge in [-0.15, -0.1) is 0 Å². The van der Waals surface area contributed by atoms with Gasteiger partial charge in [-0.05, 0) is 0 Å². The zero-order valence-corrected chi connectivity index (χ0v) is 7.23. The maximum atomic E-state index is 11.2. The summed E-state index contributed by atoms with van der Waals surface area (Å²) in [6.45, 7) is 0. The van der Waals surface area contributed by atoms with Gasteiger partial charge in [0.25, 0.3) is 0 Å². The van der Waals surface area contributed by atoms with Crippen molar-refractivity contribution < 1.29 is 15.0 Å². The van der Waals surface area contributed by atoms with E-state index in [9.17, 15) is 9.59 Å². The Bertz CT molecular complexity index is 399. The number of carboxylic acid groups (broad SMARTS) is 1. The van der Waals surface area contributed by atoms with Crippen molar-refractivity contribution >= 4 is 5.97 Å². The first-order chi connectivity index (χ1) is 6.52. The summed E-state index contributed by atoms with van der Waals surface area (Å²) in [5.41, 5.74) is 4.79. The Morgan fingerprint density at radius 2 is 2.21 bits per heavy atom. The average molecular weight is 198 g/mol. The number of nitrogens with two attached hydrogens (primary N) is 1. The number of H-pyrrole nitrogens is 1. The van der Waals surface area contributed by atoms with Crippen molar-refractivity contribution in [1.29, 1.82) is 0 Å². The van der Waals surface area contributed by atoms with Crippen molar-refractivity contribution in [3.05, 3.63) is 28.2 Å². The number of aromatic nitrogens is 1. The highest BCUT2D eigenvalue weighted by molar-refractivity contribution is 5.73. The van der Waals surface area contributed by atoms with Crippen LogP contribution >= 0.6 is 0 Å². The molecule has 14 heavy (non-hydrogen) atoms. The molecule has 5 N–H and O–H groups in total. The highest BCUT2D eigenvalue weighted by Gasteiger charge is 2.14. The predicted molar refractivity (Wildman–Crippen MR) is 48.0 cm³/mol. The molecule has 1 aromatic heterocycles. The van der Waals surface area contributed by atoms with Gasteiger partial charge in [0.1, 0.15) is 6.04 Å². The van der Waals surface area contributed by atoms with Gasteiger partial charge in [0, 0.05) is 24.4 Å². The number of carbonyl (C=O) groups is 1. The molecule has 1 heterocycles. The van der Waals surface area contributed by atoms with Crippen LogP contribution in [0.1, 0.15) is 5.56 Å². The first kappa shape index (κ1) is 10.3. The lowest BCUT2D eigenvalue weighted by molar-refractivity contribution is -0.138. The lowest BCUT2D eigenvalue weighted by atomic mass is 10.1. The molecule has 0 saturated carbocycles. The predicted octanol–water partition coefficient (Wildman–Crippen LogP) is -0.965. The highest BCUT2D eigenvalue weighted by Crippen LogP contribution is 2.01. The number of aromatic amines is 1. The second kappa shape index (κ2) is 3.93. The molecule has 0 aliphatic rings. The van der Waals surface area contributed by atoms with Gasteiger partial charge in [-0.3, -0.25) is 9.59 Å². The largest absolute Gasteiger partial charge is 0.503 e. The Kier molecular flexibility index (Phi) is 2.88. The molecule has 0 aliphatic heterocycles. The molecule has 0 aromatic carbocycles. The summed E-state index contributed by atoms with van der Waals surface area (Å²) in [5.74, 6) is -1.63. The van der Waals surface area contributed by atoms with E-state index in [-0.39, 0.29) is 12.0 Å². The van der Waals surface area contributed by atoms with Crippen molar-refractivity contribution in [1.82, 2.24) is 4.98 Å². The van der Waals surface area contributed by atoms with Crippen LogP contribution in [0.4, 0.5) is 0 Å². The summed E-state index contributed by atoms with van der Waals surface area (Å²) in [5, 5.41) is 17.5. The molecule has 1 aromatic rings. The summed E-state index contributed by atoms with van der Waals surface area (Å²) in [6, 6.07) is -1.14. The molecule has 0 aliphatic carbocycles. The molecule has 76 valence electrons. The summed E-state index contributed by atoms with van der Waals surface area (Å²) >= 11 is 0. The van der Waals surface area contributed by atoms with Gasteiger partial charge in [0.15, 0.2) is 5.75 Å². The summed E-state index contributed by atoms with van der Waals surface area (Å²) in [7, 11) is 0. The van der Waals surface area contributed by atoms with Gasteiger partial charge >= 0.3 is 5.97 Å². The number of pyridine rings is 1. The maximum absolute atomic E-state index is 11.2. The zero-order chi connectivity index (χ0) is 10.7. The van der Waals surface area contributed by atoms with E-state index >= 15 is 0 Å². The van der Waals surface area contributed by atoms with E-state index in [1.54, 1.807) is 0 Å². The topological polar surface area (TPSA) is 116 Å². The molecule has 0 radical (unpaired) electrons. The Morgan fingerprint density at radius 1 is 1.57 bits per heavy atom. The molecule has 0 bridgehead atoms. The molecule has 6 heteroatoms. The van der Waals surface area contributed by atoms with Crippen molar-refractivity contribution in [3.63, 3.8) is 0 Å². The van der Waals surface area contributed by atoms with Crippen molar-refractivity contribution in [2.75, 3.05) is 0 Å². The summed E-state index contributed by atoms with van der Waals surface area (Å²) in [4.78, 5) is 24.1. The molecule has 1 atom stereocenters. The van der Waals surface area contributed by atoms with Crippen LogP contribution in [0.3, 0.4) is 0 Å². The monoisotopic (exact) mass is 198 g/mol. The summed E-state index contributed by atoms with van der Waals surface area (Å²) in [6.07, 6.45) is 2.34. The van der Waals surface area contributed by atoms with Crippen LogP contribution in [0, 0.1) is 0 Å². The fourth-order valence-corrected chi connectivity index (χ4v) is 0.993. The molecule has 6 nitrogen and oxygen atoms in total. The Balaban J connectivity index is 2.93. The molecular formula is C8H10N2O4. The van der Waals surface area contributed by atoms with Crippen LogP contribution in [0.2, 0.25) is 0 Å². The van der Waals surface area contributed by atoms with Gasteiger partial charge in [-0.25, -0.2) is 0 Å². The van der Waals surface area contributed by atoms with Gasteiger partial charge in [-0.1, -0.05) is 0 Å². The number of aromatic hydroxyl groups is 1. The average Bonchev–Trinajstić information content (AvgIpc) is 2.12. The molecule has 1 rings (SSSR count). The van der Waals surface area contributed by atoms with E-state index in [0.717, 1.165) is 6.20 Å². The molecule has 0 spiro atoms. The maximum Gasteiger partial charge on any atom is 0.320 e. The second-order valence-electron chi connectivity index (χ2n) is 2.84. The van der Waals surface area contributed by atoms with Crippen LogP contribution in [0.5, 0.6) is 5.75 Å². The van der Waals surface area contributed by atoms with Crippen LogP contribution in [0.15, 0.2) is 17.2 Å². The number of carboxylic acids is 1. The van der Waals surface area contributed by atoms with Crippen LogP contribution in [-0.2, 0) is 11.2 Å². The molecular weight excluding hydrogens is 188 g/mol. The van der Waals surface area contributed by atoms with Gasteiger partial charge in [0.2, 0.25) is 5.43 Å². The van der Waals surface area contributed by atoms with Crippen LogP contribution < -0.4 is 11.2 Å². The third-order valence-corrected chi connectivity index (χ3v) is 1.76. The molecule has 1 unspecified atom stereocenters. The fourth-order valence-electron chi connectivity index (χ4n) is 0.993. The number of rotatable bonds is 3. The van der Waals surface area contributed by atoms with Gasteiger partial charge in [0.05, 0.1) is 0 Å². The quantitative estimate of drug-likeness (QED) is 0.498.